The minimum absolute atomic E-state index is 0.00305. The van der Waals surface area contributed by atoms with Crippen molar-refractivity contribution in [3.8, 4) is 0 Å². The van der Waals surface area contributed by atoms with Gasteiger partial charge in [0.15, 0.2) is 5.76 Å². The first kappa shape index (κ1) is 17.9. The Morgan fingerprint density at radius 1 is 1.00 bits per heavy atom. The van der Waals surface area contributed by atoms with E-state index in [-0.39, 0.29) is 19.0 Å². The van der Waals surface area contributed by atoms with Crippen LogP contribution in [0, 0.1) is 0 Å². The molecule has 0 unspecified atom stereocenters. The molecule has 0 aromatic rings. The zero-order chi connectivity index (χ0) is 14.3. The predicted molar refractivity (Wildman–Crippen MR) is 69.7 cm³/mol. The van der Waals surface area contributed by atoms with E-state index in [1.807, 2.05) is 6.92 Å². The third kappa shape index (κ3) is 11.7. The summed E-state index contributed by atoms with van der Waals surface area (Å²) in [6.45, 7) is 7.60. The molecule has 6 nitrogen and oxygen atoms in total. The molecule has 0 aromatic carbocycles. The van der Waals surface area contributed by atoms with Gasteiger partial charge in [0.05, 0.1) is 39.6 Å². The van der Waals surface area contributed by atoms with E-state index in [0.717, 1.165) is 12.8 Å². The van der Waals surface area contributed by atoms with Crippen molar-refractivity contribution in [1.29, 1.82) is 0 Å². The van der Waals surface area contributed by atoms with Crippen LogP contribution in [0.2, 0.25) is 0 Å². The van der Waals surface area contributed by atoms with Gasteiger partial charge in [0.1, 0.15) is 6.61 Å². The highest BCUT2D eigenvalue weighted by Crippen LogP contribution is 1.99. The van der Waals surface area contributed by atoms with E-state index in [4.69, 9.17) is 24.1 Å². The summed E-state index contributed by atoms with van der Waals surface area (Å²) < 4.78 is 20.2. The molecule has 0 amide bonds. The van der Waals surface area contributed by atoms with Crippen LogP contribution in [0.4, 0.5) is 0 Å². The van der Waals surface area contributed by atoms with Gasteiger partial charge in [-0.25, -0.2) is 4.79 Å². The minimum Gasteiger partial charge on any atom is -0.485 e. The standard InChI is InChI=1S/C13H24O6/c1-3-4-6-19-13(15)12(2)18-11-10-17-9-8-16-7-5-14/h14H,2-11H2,1H3. The van der Waals surface area contributed by atoms with Gasteiger partial charge in [-0.2, -0.15) is 0 Å². The first-order chi connectivity index (χ1) is 9.22. The lowest BCUT2D eigenvalue weighted by atomic mass is 10.4. The van der Waals surface area contributed by atoms with Crippen molar-refractivity contribution in [3.63, 3.8) is 0 Å². The van der Waals surface area contributed by atoms with Crippen LogP contribution >= 0.6 is 0 Å². The molecular formula is C13H24O6. The molecule has 6 heteroatoms. The van der Waals surface area contributed by atoms with Crippen LogP contribution in [0.15, 0.2) is 12.3 Å². The highest BCUT2D eigenvalue weighted by Gasteiger charge is 2.09. The Balaban J connectivity index is 3.35. The summed E-state index contributed by atoms with van der Waals surface area (Å²) in [5, 5.41) is 8.46. The van der Waals surface area contributed by atoms with Crippen molar-refractivity contribution >= 4 is 5.97 Å². The van der Waals surface area contributed by atoms with Gasteiger partial charge in [0.25, 0.3) is 0 Å². The number of unbranched alkanes of at least 4 members (excludes halogenated alkanes) is 1. The Hall–Kier alpha value is -1.11. The third-order valence-electron chi connectivity index (χ3n) is 2.07. The van der Waals surface area contributed by atoms with E-state index in [1.165, 1.54) is 0 Å². The molecular weight excluding hydrogens is 252 g/mol. The summed E-state index contributed by atoms with van der Waals surface area (Å²) in [7, 11) is 0. The zero-order valence-corrected chi connectivity index (χ0v) is 11.6. The normalized spacial score (nSPS) is 10.2. The van der Waals surface area contributed by atoms with E-state index in [9.17, 15) is 4.79 Å². The van der Waals surface area contributed by atoms with Crippen molar-refractivity contribution in [3.05, 3.63) is 12.3 Å². The average Bonchev–Trinajstić information content (AvgIpc) is 2.41. The van der Waals surface area contributed by atoms with Crippen molar-refractivity contribution in [2.24, 2.45) is 0 Å². The molecule has 1 N–H and O–H groups in total. The van der Waals surface area contributed by atoms with Gasteiger partial charge >= 0.3 is 5.97 Å². The summed E-state index contributed by atoms with van der Waals surface area (Å²) in [6, 6.07) is 0. The number of aliphatic hydroxyl groups excluding tert-OH is 1. The molecule has 0 fully saturated rings. The summed E-state index contributed by atoms with van der Waals surface area (Å²) in [6.07, 6.45) is 1.79. The fourth-order valence-electron chi connectivity index (χ4n) is 1.06. The lowest BCUT2D eigenvalue weighted by Crippen LogP contribution is -2.14. The SMILES string of the molecule is C=C(OCCOCCOCCO)C(=O)OCCCC. The van der Waals surface area contributed by atoms with Gasteiger partial charge in [0.2, 0.25) is 0 Å². The minimum atomic E-state index is -0.528. The maximum absolute atomic E-state index is 11.3. The van der Waals surface area contributed by atoms with Crippen LogP contribution in [0.5, 0.6) is 0 Å². The van der Waals surface area contributed by atoms with Crippen molar-refractivity contribution in [2.75, 3.05) is 46.2 Å². The Kier molecular flexibility index (Phi) is 12.5. The first-order valence-corrected chi connectivity index (χ1v) is 6.47. The van der Waals surface area contributed by atoms with Gasteiger partial charge in [-0.3, -0.25) is 0 Å². The quantitative estimate of drug-likeness (QED) is 0.233. The zero-order valence-electron chi connectivity index (χ0n) is 11.6. The van der Waals surface area contributed by atoms with Crippen LogP contribution in [0.3, 0.4) is 0 Å². The van der Waals surface area contributed by atoms with Crippen LogP contribution in [0.25, 0.3) is 0 Å². The van der Waals surface area contributed by atoms with Gasteiger partial charge < -0.3 is 24.1 Å². The van der Waals surface area contributed by atoms with Crippen LogP contribution in [-0.4, -0.2) is 57.3 Å². The van der Waals surface area contributed by atoms with Gasteiger partial charge in [-0.15, -0.1) is 0 Å². The highest BCUT2D eigenvalue weighted by atomic mass is 16.6. The summed E-state index contributed by atoms with van der Waals surface area (Å²) in [5.41, 5.74) is 0. The maximum atomic E-state index is 11.3. The Morgan fingerprint density at radius 2 is 1.63 bits per heavy atom. The van der Waals surface area contributed by atoms with Gasteiger partial charge in [-0.1, -0.05) is 13.3 Å². The number of carbonyl (C=O) groups excluding carboxylic acids is 1. The van der Waals surface area contributed by atoms with E-state index in [2.05, 4.69) is 6.58 Å². The number of ether oxygens (including phenoxy) is 4. The van der Waals surface area contributed by atoms with Crippen LogP contribution in [-0.2, 0) is 23.7 Å². The van der Waals surface area contributed by atoms with Crippen LogP contribution in [0.1, 0.15) is 19.8 Å². The summed E-state index contributed by atoms with van der Waals surface area (Å²) in [4.78, 5) is 11.3. The second-order valence-corrected chi connectivity index (χ2v) is 3.71. The molecule has 112 valence electrons. The average molecular weight is 276 g/mol. The third-order valence-corrected chi connectivity index (χ3v) is 2.07. The molecule has 0 atom stereocenters. The molecule has 0 aliphatic rings. The van der Waals surface area contributed by atoms with Crippen LogP contribution < -0.4 is 0 Å². The molecule has 0 saturated heterocycles. The lowest BCUT2D eigenvalue weighted by Gasteiger charge is -2.09. The van der Waals surface area contributed by atoms with E-state index < -0.39 is 5.97 Å². The number of hydrogen-bond donors (Lipinski definition) is 1. The molecule has 0 heterocycles. The summed E-state index contributed by atoms with van der Waals surface area (Å²) in [5.74, 6) is -0.532. The van der Waals surface area contributed by atoms with E-state index >= 15 is 0 Å². The molecule has 0 rings (SSSR count). The Morgan fingerprint density at radius 3 is 2.26 bits per heavy atom. The molecule has 0 spiro atoms. The fraction of sp³-hybridized carbons (Fsp3) is 0.769. The first-order valence-electron chi connectivity index (χ1n) is 6.47. The van der Waals surface area contributed by atoms with E-state index in [0.29, 0.717) is 33.0 Å². The monoisotopic (exact) mass is 276 g/mol. The molecule has 0 aliphatic heterocycles. The number of aliphatic hydroxyl groups is 1. The fourth-order valence-corrected chi connectivity index (χ4v) is 1.06. The number of hydrogen-bond acceptors (Lipinski definition) is 6. The lowest BCUT2D eigenvalue weighted by molar-refractivity contribution is -0.143. The highest BCUT2D eigenvalue weighted by molar-refractivity contribution is 5.85. The molecule has 0 radical (unpaired) electrons. The Labute approximate surface area is 114 Å². The molecule has 19 heavy (non-hydrogen) atoms. The largest absolute Gasteiger partial charge is 0.485 e. The van der Waals surface area contributed by atoms with Crippen molar-refractivity contribution in [2.45, 2.75) is 19.8 Å². The summed E-state index contributed by atoms with van der Waals surface area (Å²) >= 11 is 0. The van der Waals surface area contributed by atoms with Gasteiger partial charge in [-0.05, 0) is 13.0 Å². The predicted octanol–water partition coefficient (Wildman–Crippen LogP) is 0.885. The smallest absolute Gasteiger partial charge is 0.372 e. The molecule has 0 saturated carbocycles. The van der Waals surface area contributed by atoms with E-state index in [1.54, 1.807) is 0 Å². The maximum Gasteiger partial charge on any atom is 0.372 e. The van der Waals surface area contributed by atoms with Crippen molar-refractivity contribution in [1.82, 2.24) is 0 Å². The second kappa shape index (κ2) is 13.3. The Bertz CT molecular complexity index is 241. The molecule has 0 aromatic heterocycles. The second-order valence-electron chi connectivity index (χ2n) is 3.71. The number of carbonyl (C=O) groups is 1. The van der Waals surface area contributed by atoms with Crippen molar-refractivity contribution < 1.29 is 28.8 Å². The molecule has 0 bridgehead atoms. The number of esters is 1. The molecule has 0 aliphatic carbocycles. The van der Waals surface area contributed by atoms with Gasteiger partial charge in [0, 0.05) is 0 Å². The number of rotatable bonds is 13. The topological polar surface area (TPSA) is 74.2 Å².